The van der Waals surface area contributed by atoms with E-state index in [1.54, 1.807) is 6.07 Å². The Kier molecular flexibility index (Phi) is 5.16. The molecule has 32 heavy (non-hydrogen) atoms. The van der Waals surface area contributed by atoms with Gasteiger partial charge < -0.3 is 15.0 Å². The summed E-state index contributed by atoms with van der Waals surface area (Å²) < 4.78 is 45.1. The van der Waals surface area contributed by atoms with E-state index in [4.69, 9.17) is 4.74 Å². The number of rotatable bonds is 4. The Morgan fingerprint density at radius 3 is 2.59 bits per heavy atom. The summed E-state index contributed by atoms with van der Waals surface area (Å²) in [7, 11) is 0. The third-order valence-electron chi connectivity index (χ3n) is 6.38. The summed E-state index contributed by atoms with van der Waals surface area (Å²) in [5.74, 6) is 0.505. The Labute approximate surface area is 183 Å². The summed E-state index contributed by atoms with van der Waals surface area (Å²) >= 11 is 0. The first-order valence-corrected chi connectivity index (χ1v) is 10.7. The van der Waals surface area contributed by atoms with E-state index in [0.29, 0.717) is 42.4 Å². The summed E-state index contributed by atoms with van der Waals surface area (Å²) in [6.45, 7) is 5.07. The van der Waals surface area contributed by atoms with Crippen LogP contribution in [0.2, 0.25) is 0 Å². The Bertz CT molecular complexity index is 1140. The molecule has 2 aromatic heterocycles. The van der Waals surface area contributed by atoms with E-state index in [9.17, 15) is 13.2 Å². The number of hydrogen-bond donors (Lipinski definition) is 1. The lowest BCUT2D eigenvalue weighted by Crippen LogP contribution is -2.45. The number of morpholine rings is 1. The van der Waals surface area contributed by atoms with Crippen LogP contribution in [0.15, 0.2) is 36.5 Å². The van der Waals surface area contributed by atoms with Gasteiger partial charge in [0.25, 0.3) is 0 Å². The van der Waals surface area contributed by atoms with Crippen LogP contribution < -0.4 is 10.2 Å². The van der Waals surface area contributed by atoms with Crippen LogP contribution in [0.5, 0.6) is 0 Å². The fraction of sp³-hybridized carbons (Fsp3) is 0.435. The zero-order chi connectivity index (χ0) is 22.5. The molecule has 0 radical (unpaired) electrons. The first-order chi connectivity index (χ1) is 15.3. The molecule has 2 aliphatic heterocycles. The number of hydrogen-bond acceptors (Lipinski definition) is 6. The van der Waals surface area contributed by atoms with E-state index in [0.717, 1.165) is 41.6 Å². The van der Waals surface area contributed by atoms with Crippen molar-refractivity contribution in [1.82, 2.24) is 15.2 Å². The van der Waals surface area contributed by atoms with Gasteiger partial charge >= 0.3 is 6.18 Å². The minimum absolute atomic E-state index is 0.337. The second-order valence-electron chi connectivity index (χ2n) is 8.54. The topological polar surface area (TPSA) is 63.2 Å². The molecule has 6 nitrogen and oxygen atoms in total. The number of nitrogens with one attached hydrogen (secondary N) is 1. The van der Waals surface area contributed by atoms with Gasteiger partial charge in [0.05, 0.1) is 60.0 Å². The molecule has 2 saturated heterocycles. The first kappa shape index (κ1) is 20.9. The number of ether oxygens (including phenoxy) is 1. The number of anilines is 2. The summed E-state index contributed by atoms with van der Waals surface area (Å²) in [6, 6.07) is 7.66. The third kappa shape index (κ3) is 3.74. The minimum atomic E-state index is -4.39. The lowest BCUT2D eigenvalue weighted by molar-refractivity contribution is -0.137. The van der Waals surface area contributed by atoms with Gasteiger partial charge in [-0.05, 0) is 50.5 Å². The minimum Gasteiger partial charge on any atom is -0.377 e. The van der Waals surface area contributed by atoms with Crippen molar-refractivity contribution in [3.05, 3.63) is 53.3 Å². The van der Waals surface area contributed by atoms with Crippen molar-refractivity contribution in [3.63, 3.8) is 0 Å². The number of halogens is 3. The lowest BCUT2D eigenvalue weighted by Gasteiger charge is -2.36. The van der Waals surface area contributed by atoms with Crippen molar-refractivity contribution in [2.45, 2.75) is 51.0 Å². The van der Waals surface area contributed by atoms with Gasteiger partial charge in [0.2, 0.25) is 0 Å². The van der Waals surface area contributed by atoms with Crippen molar-refractivity contribution in [1.29, 1.82) is 0 Å². The van der Waals surface area contributed by atoms with Crippen molar-refractivity contribution < 1.29 is 17.9 Å². The zero-order valence-electron chi connectivity index (χ0n) is 17.9. The van der Waals surface area contributed by atoms with Crippen LogP contribution in [0.25, 0.3) is 10.9 Å². The number of aromatic nitrogens is 3. The number of nitrogens with zero attached hydrogens (tertiary/aromatic N) is 4. The monoisotopic (exact) mass is 443 g/mol. The predicted octanol–water partition coefficient (Wildman–Crippen LogP) is 4.89. The van der Waals surface area contributed by atoms with Gasteiger partial charge in [0.15, 0.2) is 5.82 Å². The Balaban J connectivity index is 1.49. The Hall–Kier alpha value is -2.94. The van der Waals surface area contributed by atoms with E-state index in [-0.39, 0.29) is 0 Å². The maximum Gasteiger partial charge on any atom is 0.416 e. The predicted molar refractivity (Wildman–Crippen MR) is 116 cm³/mol. The van der Waals surface area contributed by atoms with E-state index in [1.165, 1.54) is 6.07 Å². The second kappa shape index (κ2) is 7.88. The van der Waals surface area contributed by atoms with Gasteiger partial charge in [-0.3, -0.25) is 4.98 Å². The molecule has 3 unspecified atom stereocenters. The molecule has 5 rings (SSSR count). The fourth-order valence-corrected chi connectivity index (χ4v) is 4.72. The van der Waals surface area contributed by atoms with Gasteiger partial charge in [-0.25, -0.2) is 0 Å². The SMILES string of the molecule is Cc1nnc(NC(C)c2cccc(C(F)(F)F)c2)c2cc(N3C4CCC3COC4)cnc12. The van der Waals surface area contributed by atoms with Crippen LogP contribution in [-0.2, 0) is 10.9 Å². The van der Waals surface area contributed by atoms with E-state index >= 15 is 0 Å². The smallest absolute Gasteiger partial charge is 0.377 e. The quantitative estimate of drug-likeness (QED) is 0.619. The van der Waals surface area contributed by atoms with E-state index in [2.05, 4.69) is 31.5 Å². The molecule has 1 aromatic carbocycles. The normalized spacial score (nSPS) is 21.7. The molecule has 3 atom stereocenters. The highest BCUT2D eigenvalue weighted by atomic mass is 19.4. The molecular formula is C23H24F3N5O. The maximum atomic E-state index is 13.1. The number of fused-ring (bicyclic) bond motifs is 3. The molecule has 0 spiro atoms. The van der Waals surface area contributed by atoms with Crippen LogP contribution in [0.1, 0.15) is 42.6 Å². The van der Waals surface area contributed by atoms with Crippen LogP contribution in [-0.4, -0.2) is 40.5 Å². The summed E-state index contributed by atoms with van der Waals surface area (Å²) in [6.07, 6.45) is -0.335. The first-order valence-electron chi connectivity index (χ1n) is 10.7. The third-order valence-corrected chi connectivity index (χ3v) is 6.38. The Morgan fingerprint density at radius 2 is 1.88 bits per heavy atom. The largest absolute Gasteiger partial charge is 0.416 e. The molecule has 0 amide bonds. The van der Waals surface area contributed by atoms with Gasteiger partial charge in [-0.1, -0.05) is 12.1 Å². The van der Waals surface area contributed by atoms with Gasteiger partial charge in [0, 0.05) is 5.39 Å². The molecule has 0 aliphatic carbocycles. The van der Waals surface area contributed by atoms with Crippen LogP contribution in [0, 0.1) is 6.92 Å². The molecule has 3 aromatic rings. The summed E-state index contributed by atoms with van der Waals surface area (Å²) in [4.78, 5) is 7.05. The highest BCUT2D eigenvalue weighted by Gasteiger charge is 2.37. The highest BCUT2D eigenvalue weighted by molar-refractivity contribution is 5.92. The van der Waals surface area contributed by atoms with E-state index in [1.807, 2.05) is 20.0 Å². The van der Waals surface area contributed by atoms with Crippen LogP contribution >= 0.6 is 0 Å². The maximum absolute atomic E-state index is 13.1. The lowest BCUT2D eigenvalue weighted by atomic mass is 10.0. The second-order valence-corrected chi connectivity index (χ2v) is 8.54. The van der Waals surface area contributed by atoms with Crippen molar-refractivity contribution in [2.75, 3.05) is 23.4 Å². The number of aryl methyl sites for hydroxylation is 1. The molecule has 4 heterocycles. The fourth-order valence-electron chi connectivity index (χ4n) is 4.72. The highest BCUT2D eigenvalue weighted by Crippen LogP contribution is 2.36. The zero-order valence-corrected chi connectivity index (χ0v) is 17.9. The Morgan fingerprint density at radius 1 is 1.12 bits per heavy atom. The molecule has 2 fully saturated rings. The van der Waals surface area contributed by atoms with Crippen molar-refractivity contribution in [2.24, 2.45) is 0 Å². The molecular weight excluding hydrogens is 419 g/mol. The molecule has 2 aliphatic rings. The average molecular weight is 443 g/mol. The molecule has 2 bridgehead atoms. The van der Waals surface area contributed by atoms with Crippen molar-refractivity contribution >= 4 is 22.4 Å². The van der Waals surface area contributed by atoms with Crippen LogP contribution in [0.3, 0.4) is 0 Å². The van der Waals surface area contributed by atoms with Crippen molar-refractivity contribution in [3.8, 4) is 0 Å². The van der Waals surface area contributed by atoms with Gasteiger partial charge in [-0.15, -0.1) is 5.10 Å². The van der Waals surface area contributed by atoms with E-state index < -0.39 is 17.8 Å². The standard InChI is InChI=1S/C23H24F3N5O/c1-13(15-4-3-5-16(8-15)23(24,25)26)28-22-20-9-19(10-27-21(20)14(2)29-30-22)31-17-6-7-18(31)12-32-11-17/h3-5,8-10,13,17-18H,6-7,11-12H2,1-2H3,(H,28,30). The van der Waals surface area contributed by atoms with Crippen LogP contribution in [0.4, 0.5) is 24.7 Å². The number of alkyl halides is 3. The summed E-state index contributed by atoms with van der Waals surface area (Å²) in [5.41, 5.74) is 2.29. The number of pyridine rings is 1. The molecule has 168 valence electrons. The molecule has 1 N–H and O–H groups in total. The summed E-state index contributed by atoms with van der Waals surface area (Å²) in [5, 5.41) is 12.6. The average Bonchev–Trinajstić information content (AvgIpc) is 3.03. The van der Waals surface area contributed by atoms with Gasteiger partial charge in [-0.2, -0.15) is 18.3 Å². The molecule has 9 heteroatoms. The van der Waals surface area contributed by atoms with Gasteiger partial charge in [0.1, 0.15) is 0 Å². The number of benzene rings is 1. The molecule has 0 saturated carbocycles.